The van der Waals surface area contributed by atoms with E-state index in [1.54, 1.807) is 37.4 Å². The molecule has 0 bridgehead atoms. The van der Waals surface area contributed by atoms with Crippen LogP contribution in [-0.4, -0.2) is 13.4 Å². The van der Waals surface area contributed by atoms with Gasteiger partial charge < -0.3 is 5.32 Å². The molecule has 6 heteroatoms. The van der Waals surface area contributed by atoms with Crippen LogP contribution < -0.4 is 10.0 Å². The molecule has 0 saturated heterocycles. The van der Waals surface area contributed by atoms with Crippen molar-refractivity contribution >= 4 is 27.2 Å². The van der Waals surface area contributed by atoms with Crippen molar-refractivity contribution in [3.63, 3.8) is 0 Å². The van der Waals surface area contributed by atoms with Gasteiger partial charge in [0, 0.05) is 5.69 Å². The lowest BCUT2D eigenvalue weighted by atomic mass is 10.2. The van der Waals surface area contributed by atoms with E-state index in [1.165, 1.54) is 0 Å². The third kappa shape index (κ3) is 4.03. The SMILES string of the molecule is Cc1ccc(S(=O)(=O)Nc2ccc(Nc3ccccc3C)cn2)c(C)c1. The van der Waals surface area contributed by atoms with Crippen molar-refractivity contribution in [3.05, 3.63) is 77.5 Å². The average Bonchev–Trinajstić information content (AvgIpc) is 2.58. The summed E-state index contributed by atoms with van der Waals surface area (Å²) in [4.78, 5) is 4.47. The summed E-state index contributed by atoms with van der Waals surface area (Å²) in [7, 11) is -3.67. The third-order valence-corrected chi connectivity index (χ3v) is 5.56. The Morgan fingerprint density at radius 2 is 1.65 bits per heavy atom. The highest BCUT2D eigenvalue weighted by Gasteiger charge is 2.17. The van der Waals surface area contributed by atoms with Crippen LogP contribution in [-0.2, 0) is 10.0 Å². The first kappa shape index (κ1) is 17.9. The standard InChI is InChI=1S/C20H21N3O2S/c1-14-8-10-19(16(3)12-14)26(24,25)23-20-11-9-17(13-21-20)22-18-7-5-4-6-15(18)2/h4-13,22H,1-3H3,(H,21,23). The minimum atomic E-state index is -3.67. The monoisotopic (exact) mass is 367 g/mol. The second-order valence-electron chi connectivity index (χ2n) is 6.25. The van der Waals surface area contributed by atoms with Crippen molar-refractivity contribution < 1.29 is 8.42 Å². The number of benzene rings is 2. The molecule has 1 aromatic heterocycles. The molecule has 0 unspecified atom stereocenters. The summed E-state index contributed by atoms with van der Waals surface area (Å²) >= 11 is 0. The molecule has 3 rings (SSSR count). The number of nitrogens with one attached hydrogen (secondary N) is 2. The van der Waals surface area contributed by atoms with Gasteiger partial charge in [-0.1, -0.05) is 35.9 Å². The van der Waals surface area contributed by atoms with Gasteiger partial charge in [-0.3, -0.25) is 4.72 Å². The van der Waals surface area contributed by atoms with E-state index in [9.17, 15) is 8.42 Å². The van der Waals surface area contributed by atoms with E-state index >= 15 is 0 Å². The summed E-state index contributed by atoms with van der Waals surface area (Å²) in [5, 5.41) is 3.27. The minimum absolute atomic E-state index is 0.256. The summed E-state index contributed by atoms with van der Waals surface area (Å²) in [5.74, 6) is 0.278. The second kappa shape index (κ2) is 7.17. The Morgan fingerprint density at radius 3 is 2.31 bits per heavy atom. The van der Waals surface area contributed by atoms with Gasteiger partial charge in [0.1, 0.15) is 5.82 Å². The molecule has 0 saturated carbocycles. The largest absolute Gasteiger partial charge is 0.354 e. The number of rotatable bonds is 5. The van der Waals surface area contributed by atoms with E-state index in [-0.39, 0.29) is 10.7 Å². The number of nitrogens with zero attached hydrogens (tertiary/aromatic N) is 1. The zero-order valence-electron chi connectivity index (χ0n) is 14.9. The molecule has 0 aliphatic carbocycles. The Hall–Kier alpha value is -2.86. The van der Waals surface area contributed by atoms with Crippen molar-refractivity contribution in [2.24, 2.45) is 0 Å². The molecule has 0 fully saturated rings. The molecule has 134 valence electrons. The maximum Gasteiger partial charge on any atom is 0.263 e. The molecular formula is C20H21N3O2S. The van der Waals surface area contributed by atoms with E-state index < -0.39 is 10.0 Å². The highest BCUT2D eigenvalue weighted by Crippen LogP contribution is 2.22. The molecular weight excluding hydrogens is 346 g/mol. The average molecular weight is 367 g/mol. The third-order valence-electron chi connectivity index (χ3n) is 4.05. The van der Waals surface area contributed by atoms with Crippen LogP contribution in [0.4, 0.5) is 17.2 Å². The molecule has 0 atom stereocenters. The highest BCUT2D eigenvalue weighted by molar-refractivity contribution is 7.92. The van der Waals surface area contributed by atoms with Crippen LogP contribution in [0.15, 0.2) is 65.7 Å². The maximum atomic E-state index is 12.6. The van der Waals surface area contributed by atoms with Gasteiger partial charge in [0.15, 0.2) is 0 Å². The molecule has 5 nitrogen and oxygen atoms in total. The van der Waals surface area contributed by atoms with E-state index in [2.05, 4.69) is 15.0 Å². The molecule has 0 amide bonds. The van der Waals surface area contributed by atoms with Gasteiger partial charge in [0.2, 0.25) is 0 Å². The number of hydrogen-bond acceptors (Lipinski definition) is 4. The van der Waals surface area contributed by atoms with Crippen LogP contribution in [0, 0.1) is 20.8 Å². The van der Waals surface area contributed by atoms with Gasteiger partial charge in [0.25, 0.3) is 10.0 Å². The summed E-state index contributed by atoms with van der Waals surface area (Å²) in [6.07, 6.45) is 1.60. The molecule has 3 aromatic rings. The highest BCUT2D eigenvalue weighted by atomic mass is 32.2. The van der Waals surface area contributed by atoms with Crippen molar-refractivity contribution in [1.82, 2.24) is 4.98 Å². The zero-order chi connectivity index (χ0) is 18.7. The Balaban J connectivity index is 1.77. The first-order valence-corrected chi connectivity index (χ1v) is 9.72. The van der Waals surface area contributed by atoms with Gasteiger partial charge in [-0.2, -0.15) is 0 Å². The van der Waals surface area contributed by atoms with Crippen LogP contribution in [0.1, 0.15) is 16.7 Å². The van der Waals surface area contributed by atoms with Crippen molar-refractivity contribution in [2.75, 3.05) is 10.0 Å². The lowest BCUT2D eigenvalue weighted by Gasteiger charge is -2.12. The fraction of sp³-hybridized carbons (Fsp3) is 0.150. The summed E-state index contributed by atoms with van der Waals surface area (Å²) in [6, 6.07) is 16.6. The Labute approximate surface area is 154 Å². The summed E-state index contributed by atoms with van der Waals surface area (Å²) in [5.41, 5.74) is 4.61. The van der Waals surface area contributed by atoms with Gasteiger partial charge in [0.05, 0.1) is 16.8 Å². The van der Waals surface area contributed by atoms with Crippen molar-refractivity contribution in [2.45, 2.75) is 25.7 Å². The normalized spacial score (nSPS) is 11.2. The van der Waals surface area contributed by atoms with Crippen LogP contribution in [0.25, 0.3) is 0 Å². The van der Waals surface area contributed by atoms with Crippen molar-refractivity contribution in [1.29, 1.82) is 0 Å². The summed E-state index contributed by atoms with van der Waals surface area (Å²) < 4.78 is 27.7. The number of aryl methyl sites for hydroxylation is 3. The Bertz CT molecular complexity index is 1030. The van der Waals surface area contributed by atoms with E-state index in [4.69, 9.17) is 0 Å². The summed E-state index contributed by atoms with van der Waals surface area (Å²) in [6.45, 7) is 5.73. The first-order valence-electron chi connectivity index (χ1n) is 8.24. The number of anilines is 3. The molecule has 0 aliphatic rings. The molecule has 2 N–H and O–H groups in total. The number of para-hydroxylation sites is 1. The van der Waals surface area contributed by atoms with Gasteiger partial charge in [-0.15, -0.1) is 0 Å². The second-order valence-corrected chi connectivity index (χ2v) is 7.90. The van der Waals surface area contributed by atoms with Crippen LogP contribution >= 0.6 is 0 Å². The fourth-order valence-electron chi connectivity index (χ4n) is 2.69. The quantitative estimate of drug-likeness (QED) is 0.694. The van der Waals surface area contributed by atoms with E-state index in [0.29, 0.717) is 5.56 Å². The minimum Gasteiger partial charge on any atom is -0.354 e. The van der Waals surface area contributed by atoms with Gasteiger partial charge in [-0.05, 0) is 56.2 Å². The topological polar surface area (TPSA) is 71.1 Å². The molecule has 1 heterocycles. The molecule has 2 aromatic carbocycles. The predicted octanol–water partition coefficient (Wildman–Crippen LogP) is 4.55. The number of pyridine rings is 1. The van der Waals surface area contributed by atoms with E-state index in [0.717, 1.165) is 22.5 Å². The predicted molar refractivity (Wildman–Crippen MR) is 105 cm³/mol. The van der Waals surface area contributed by atoms with Gasteiger partial charge in [-0.25, -0.2) is 13.4 Å². The van der Waals surface area contributed by atoms with E-state index in [1.807, 2.05) is 44.2 Å². The molecule has 26 heavy (non-hydrogen) atoms. The number of sulfonamides is 1. The van der Waals surface area contributed by atoms with Crippen LogP contribution in [0.2, 0.25) is 0 Å². The Morgan fingerprint density at radius 1 is 0.885 bits per heavy atom. The molecule has 0 aliphatic heterocycles. The van der Waals surface area contributed by atoms with Crippen LogP contribution in [0.5, 0.6) is 0 Å². The molecule has 0 radical (unpaired) electrons. The Kier molecular flexibility index (Phi) is 4.95. The lowest BCUT2D eigenvalue weighted by molar-refractivity contribution is 0.600. The number of aromatic nitrogens is 1. The molecule has 0 spiro atoms. The number of hydrogen-bond donors (Lipinski definition) is 2. The van der Waals surface area contributed by atoms with Gasteiger partial charge >= 0.3 is 0 Å². The van der Waals surface area contributed by atoms with Crippen LogP contribution in [0.3, 0.4) is 0 Å². The lowest BCUT2D eigenvalue weighted by Crippen LogP contribution is -2.15. The zero-order valence-corrected chi connectivity index (χ0v) is 15.8. The smallest absolute Gasteiger partial charge is 0.263 e. The first-order chi connectivity index (χ1) is 12.3. The fourth-order valence-corrected chi connectivity index (χ4v) is 3.93. The van der Waals surface area contributed by atoms with Crippen molar-refractivity contribution in [3.8, 4) is 0 Å². The maximum absolute atomic E-state index is 12.6.